The van der Waals surface area contributed by atoms with Crippen molar-refractivity contribution in [2.24, 2.45) is 4.99 Å². The van der Waals surface area contributed by atoms with E-state index in [1.165, 1.54) is 0 Å². The smallest absolute Gasteiger partial charge is 0.234 e. The van der Waals surface area contributed by atoms with Crippen LogP contribution in [0.5, 0.6) is 5.75 Å². The molecular weight excluding hydrogens is 178 g/mol. The van der Waals surface area contributed by atoms with E-state index in [9.17, 15) is 4.79 Å². The third-order valence-corrected chi connectivity index (χ3v) is 2.10. The van der Waals surface area contributed by atoms with Crippen LogP contribution in [-0.2, 0) is 4.79 Å². The summed E-state index contributed by atoms with van der Waals surface area (Å²) in [5, 5.41) is 0. The molecule has 0 radical (unpaired) electrons. The molecule has 0 aromatic heterocycles. The number of benzene rings is 1. The number of hydrogen-bond acceptors (Lipinski definition) is 3. The Balaban J connectivity index is 2.87. The Kier molecular flexibility index (Phi) is 3.89. The first-order chi connectivity index (χ1) is 6.79. The highest BCUT2D eigenvalue weighted by molar-refractivity contribution is 5.37. The number of rotatable bonds is 4. The van der Waals surface area contributed by atoms with Gasteiger partial charge < -0.3 is 4.74 Å². The molecule has 0 aliphatic rings. The molecular formula is C11H13NO2. The molecule has 14 heavy (non-hydrogen) atoms. The van der Waals surface area contributed by atoms with E-state index < -0.39 is 0 Å². The van der Waals surface area contributed by atoms with Gasteiger partial charge >= 0.3 is 0 Å². The highest BCUT2D eigenvalue weighted by Gasteiger charge is 2.09. The minimum absolute atomic E-state index is 0.174. The highest BCUT2D eigenvalue weighted by Crippen LogP contribution is 2.25. The molecule has 0 aliphatic carbocycles. The average molecular weight is 191 g/mol. The molecule has 0 bridgehead atoms. The summed E-state index contributed by atoms with van der Waals surface area (Å²) in [4.78, 5) is 13.5. The van der Waals surface area contributed by atoms with Crippen LogP contribution in [-0.4, -0.2) is 19.7 Å². The second-order valence-corrected chi connectivity index (χ2v) is 3.07. The van der Waals surface area contributed by atoms with E-state index in [4.69, 9.17) is 4.74 Å². The zero-order valence-corrected chi connectivity index (χ0v) is 8.36. The fourth-order valence-electron chi connectivity index (χ4n) is 1.35. The van der Waals surface area contributed by atoms with Crippen molar-refractivity contribution in [2.75, 3.05) is 13.7 Å². The van der Waals surface area contributed by atoms with E-state index in [1.54, 1.807) is 13.2 Å². The van der Waals surface area contributed by atoms with Crippen LogP contribution in [0.2, 0.25) is 0 Å². The van der Waals surface area contributed by atoms with Gasteiger partial charge in [0.15, 0.2) is 0 Å². The Morgan fingerprint density at radius 1 is 1.50 bits per heavy atom. The molecule has 0 saturated carbocycles. The standard InChI is InChI=1S/C11H13NO2/c1-9(7-12-8-13)10-5-3-4-6-11(10)14-2/h3-6,9H,7H2,1-2H3. The largest absolute Gasteiger partial charge is 0.496 e. The van der Waals surface area contributed by atoms with Gasteiger partial charge in [0, 0.05) is 5.92 Å². The Bertz CT molecular complexity index is 343. The number of isocyanates is 1. The molecule has 1 rings (SSSR count). The van der Waals surface area contributed by atoms with Crippen molar-refractivity contribution in [3.8, 4) is 5.75 Å². The molecule has 1 aromatic carbocycles. The summed E-state index contributed by atoms with van der Waals surface area (Å²) in [5.41, 5.74) is 1.06. The number of para-hydroxylation sites is 1. The molecule has 0 N–H and O–H groups in total. The molecule has 0 saturated heterocycles. The Morgan fingerprint density at radius 3 is 2.86 bits per heavy atom. The van der Waals surface area contributed by atoms with Crippen molar-refractivity contribution in [3.05, 3.63) is 29.8 Å². The fraction of sp³-hybridized carbons (Fsp3) is 0.364. The van der Waals surface area contributed by atoms with Crippen molar-refractivity contribution in [2.45, 2.75) is 12.8 Å². The number of hydrogen-bond donors (Lipinski definition) is 0. The van der Waals surface area contributed by atoms with Crippen molar-refractivity contribution >= 4 is 6.08 Å². The van der Waals surface area contributed by atoms with Crippen LogP contribution in [0.4, 0.5) is 0 Å². The van der Waals surface area contributed by atoms with Crippen LogP contribution in [0.3, 0.4) is 0 Å². The van der Waals surface area contributed by atoms with Crippen LogP contribution in [0.15, 0.2) is 29.3 Å². The van der Waals surface area contributed by atoms with Gasteiger partial charge in [-0.1, -0.05) is 25.1 Å². The van der Waals surface area contributed by atoms with Crippen molar-refractivity contribution < 1.29 is 9.53 Å². The lowest BCUT2D eigenvalue weighted by molar-refractivity contribution is 0.406. The molecule has 0 amide bonds. The van der Waals surface area contributed by atoms with Crippen LogP contribution >= 0.6 is 0 Å². The van der Waals surface area contributed by atoms with Crippen LogP contribution < -0.4 is 4.74 Å². The maximum absolute atomic E-state index is 9.97. The van der Waals surface area contributed by atoms with Gasteiger partial charge in [-0.3, -0.25) is 0 Å². The van der Waals surface area contributed by atoms with E-state index in [1.807, 2.05) is 31.2 Å². The molecule has 0 spiro atoms. The summed E-state index contributed by atoms with van der Waals surface area (Å²) in [6, 6.07) is 7.73. The van der Waals surface area contributed by atoms with Gasteiger partial charge in [0.1, 0.15) is 5.75 Å². The van der Waals surface area contributed by atoms with Gasteiger partial charge in [-0.05, 0) is 11.6 Å². The number of carbonyl (C=O) groups excluding carboxylic acids is 1. The molecule has 1 atom stereocenters. The van der Waals surface area contributed by atoms with E-state index in [0.29, 0.717) is 6.54 Å². The lowest BCUT2D eigenvalue weighted by Crippen LogP contribution is -2.00. The lowest BCUT2D eigenvalue weighted by Gasteiger charge is -2.12. The summed E-state index contributed by atoms with van der Waals surface area (Å²) in [7, 11) is 1.63. The van der Waals surface area contributed by atoms with Gasteiger partial charge in [-0.25, -0.2) is 9.79 Å². The second-order valence-electron chi connectivity index (χ2n) is 3.07. The first-order valence-electron chi connectivity index (χ1n) is 4.46. The first-order valence-corrected chi connectivity index (χ1v) is 4.46. The number of nitrogens with zero attached hydrogens (tertiary/aromatic N) is 1. The highest BCUT2D eigenvalue weighted by atomic mass is 16.5. The predicted octanol–water partition coefficient (Wildman–Crippen LogP) is 2.13. The summed E-state index contributed by atoms with van der Waals surface area (Å²) in [6.07, 6.45) is 1.54. The average Bonchev–Trinajstić information content (AvgIpc) is 2.25. The van der Waals surface area contributed by atoms with E-state index in [2.05, 4.69) is 4.99 Å². The van der Waals surface area contributed by atoms with Gasteiger partial charge in [0.2, 0.25) is 6.08 Å². The first kappa shape index (κ1) is 10.5. The topological polar surface area (TPSA) is 38.7 Å². The minimum Gasteiger partial charge on any atom is -0.496 e. The lowest BCUT2D eigenvalue weighted by atomic mass is 10.0. The fourth-order valence-corrected chi connectivity index (χ4v) is 1.35. The normalized spacial score (nSPS) is 11.6. The zero-order chi connectivity index (χ0) is 10.4. The number of ether oxygens (including phenoxy) is 1. The molecule has 3 heteroatoms. The van der Waals surface area contributed by atoms with E-state index in [0.717, 1.165) is 11.3 Å². The van der Waals surface area contributed by atoms with Crippen LogP contribution in [0.25, 0.3) is 0 Å². The van der Waals surface area contributed by atoms with Crippen LogP contribution in [0.1, 0.15) is 18.4 Å². The van der Waals surface area contributed by atoms with Gasteiger partial charge in [-0.2, -0.15) is 0 Å². The van der Waals surface area contributed by atoms with Crippen molar-refractivity contribution in [1.82, 2.24) is 0 Å². The molecule has 0 heterocycles. The van der Waals surface area contributed by atoms with Crippen molar-refractivity contribution in [3.63, 3.8) is 0 Å². The molecule has 1 aromatic rings. The minimum atomic E-state index is 0.174. The van der Waals surface area contributed by atoms with E-state index >= 15 is 0 Å². The van der Waals surface area contributed by atoms with E-state index in [-0.39, 0.29) is 5.92 Å². The monoisotopic (exact) mass is 191 g/mol. The maximum Gasteiger partial charge on any atom is 0.234 e. The molecule has 74 valence electrons. The summed E-state index contributed by atoms with van der Waals surface area (Å²) < 4.78 is 5.21. The Morgan fingerprint density at radius 2 is 2.21 bits per heavy atom. The molecule has 0 fully saturated rings. The molecule has 0 aliphatic heterocycles. The Hall–Kier alpha value is -1.60. The summed E-state index contributed by atoms with van der Waals surface area (Å²) >= 11 is 0. The van der Waals surface area contributed by atoms with Gasteiger partial charge in [0.25, 0.3) is 0 Å². The van der Waals surface area contributed by atoms with Gasteiger partial charge in [0.05, 0.1) is 13.7 Å². The maximum atomic E-state index is 9.97. The third kappa shape index (κ3) is 2.44. The predicted molar refractivity (Wildman–Crippen MR) is 54.4 cm³/mol. The van der Waals surface area contributed by atoms with Gasteiger partial charge in [-0.15, -0.1) is 0 Å². The zero-order valence-electron chi connectivity index (χ0n) is 8.36. The second kappa shape index (κ2) is 5.20. The molecule has 1 unspecified atom stereocenters. The third-order valence-electron chi connectivity index (χ3n) is 2.10. The molecule has 3 nitrogen and oxygen atoms in total. The van der Waals surface area contributed by atoms with Crippen molar-refractivity contribution in [1.29, 1.82) is 0 Å². The van der Waals surface area contributed by atoms with Crippen LogP contribution in [0, 0.1) is 0 Å². The Labute approximate surface area is 83.4 Å². The SMILES string of the molecule is COc1ccccc1C(C)CN=C=O. The number of aliphatic imine (C=N–C) groups is 1. The number of methoxy groups -OCH3 is 1. The quantitative estimate of drug-likeness (QED) is 0.540. The summed E-state index contributed by atoms with van der Waals surface area (Å²) in [5.74, 6) is 1.01. The summed E-state index contributed by atoms with van der Waals surface area (Å²) in [6.45, 7) is 2.45.